The maximum atomic E-state index is 13.1. The summed E-state index contributed by atoms with van der Waals surface area (Å²) in [4.78, 5) is 16.9. The fourth-order valence-electron chi connectivity index (χ4n) is 3.38. The van der Waals surface area contributed by atoms with Crippen LogP contribution in [0.2, 0.25) is 5.02 Å². The summed E-state index contributed by atoms with van der Waals surface area (Å²) in [5.41, 5.74) is 1.07. The van der Waals surface area contributed by atoms with E-state index in [0.29, 0.717) is 17.3 Å². The Balaban J connectivity index is 1.56. The molecule has 1 aliphatic heterocycles. The van der Waals surface area contributed by atoms with Gasteiger partial charge in [0.05, 0.1) is 5.02 Å². The molecule has 0 saturated carbocycles. The number of carbonyl (C=O) groups excluding carboxylic acids is 1. The molecule has 2 aromatic rings. The highest BCUT2D eigenvalue weighted by atomic mass is 79.9. The summed E-state index contributed by atoms with van der Waals surface area (Å²) in [5.74, 6) is 0.296. The summed E-state index contributed by atoms with van der Waals surface area (Å²) in [5, 5.41) is 0.543. The van der Waals surface area contributed by atoms with Crippen LogP contribution < -0.4 is 4.74 Å². The number of amides is 1. The average molecular weight is 470 g/mol. The van der Waals surface area contributed by atoms with E-state index in [4.69, 9.17) is 16.3 Å². The fraction of sp³-hybridized carbons (Fsp3) is 0.381. The topological polar surface area (TPSA) is 32.8 Å². The number of carbonyl (C=O) groups is 1. The summed E-state index contributed by atoms with van der Waals surface area (Å²) in [7, 11) is 0. The molecule has 1 amide bonds. The Hall–Kier alpha value is -1.63. The van der Waals surface area contributed by atoms with Crippen molar-refractivity contribution in [1.29, 1.82) is 0 Å². The minimum Gasteiger partial charge on any atom is -0.484 e. The summed E-state index contributed by atoms with van der Waals surface area (Å²) < 4.78 is 19.5. The third-order valence-electron chi connectivity index (χ3n) is 4.99. The van der Waals surface area contributed by atoms with E-state index in [1.807, 2.05) is 11.8 Å². The number of hydrogen-bond acceptors (Lipinski definition) is 3. The molecule has 0 unspecified atom stereocenters. The van der Waals surface area contributed by atoms with Gasteiger partial charge in [0.1, 0.15) is 11.6 Å². The quantitative estimate of drug-likeness (QED) is 0.634. The SMILES string of the molecule is C[C@@H]1CN(C(=O)COc2ccc(Br)c(Cl)c2)[C@@H](C)CN1Cc1ccc(F)cc1. The standard InChI is InChI=1S/C21H23BrClFN2O2/c1-14-11-26(21(27)13-28-18-7-8-19(22)20(23)9-18)15(2)10-25(14)12-16-3-5-17(24)6-4-16/h3-9,14-15H,10-13H2,1-2H3/t14-,15+/m1/s1. The Bertz CT molecular complexity index is 834. The highest BCUT2D eigenvalue weighted by molar-refractivity contribution is 9.10. The Morgan fingerprint density at radius 1 is 1.18 bits per heavy atom. The van der Waals surface area contributed by atoms with Crippen LogP contribution in [-0.2, 0) is 11.3 Å². The van der Waals surface area contributed by atoms with Gasteiger partial charge in [-0.2, -0.15) is 0 Å². The maximum Gasteiger partial charge on any atom is 0.260 e. The molecule has 0 aromatic heterocycles. The van der Waals surface area contributed by atoms with Crippen LogP contribution in [0.3, 0.4) is 0 Å². The van der Waals surface area contributed by atoms with Crippen molar-refractivity contribution in [1.82, 2.24) is 9.80 Å². The molecule has 0 radical (unpaired) electrons. The Morgan fingerprint density at radius 3 is 2.57 bits per heavy atom. The number of rotatable bonds is 5. The molecule has 2 atom stereocenters. The molecule has 1 saturated heterocycles. The lowest BCUT2D eigenvalue weighted by Crippen LogP contribution is -2.58. The zero-order valence-electron chi connectivity index (χ0n) is 15.9. The van der Waals surface area contributed by atoms with E-state index in [9.17, 15) is 9.18 Å². The van der Waals surface area contributed by atoms with Crippen molar-refractivity contribution in [3.63, 3.8) is 0 Å². The van der Waals surface area contributed by atoms with Crippen molar-refractivity contribution >= 4 is 33.4 Å². The number of benzene rings is 2. The summed E-state index contributed by atoms with van der Waals surface area (Å²) in [6, 6.07) is 12.1. The highest BCUT2D eigenvalue weighted by Gasteiger charge is 2.32. The molecule has 150 valence electrons. The van der Waals surface area contributed by atoms with Gasteiger partial charge in [0.2, 0.25) is 0 Å². The number of piperazine rings is 1. The molecule has 0 bridgehead atoms. The van der Waals surface area contributed by atoms with Crippen molar-refractivity contribution in [2.75, 3.05) is 19.7 Å². The summed E-state index contributed by atoms with van der Waals surface area (Å²) in [6.07, 6.45) is 0. The number of halogens is 3. The van der Waals surface area contributed by atoms with Gasteiger partial charge in [-0.3, -0.25) is 9.69 Å². The van der Waals surface area contributed by atoms with E-state index in [1.165, 1.54) is 12.1 Å². The largest absolute Gasteiger partial charge is 0.484 e. The molecule has 7 heteroatoms. The van der Waals surface area contributed by atoms with E-state index in [-0.39, 0.29) is 30.4 Å². The second kappa shape index (κ2) is 9.25. The zero-order valence-corrected chi connectivity index (χ0v) is 18.2. The van der Waals surface area contributed by atoms with Gasteiger partial charge in [-0.1, -0.05) is 23.7 Å². The van der Waals surface area contributed by atoms with Gasteiger partial charge in [0.15, 0.2) is 6.61 Å². The molecule has 1 heterocycles. The molecular formula is C21H23BrClFN2O2. The summed E-state index contributed by atoms with van der Waals surface area (Å²) >= 11 is 9.40. The van der Waals surface area contributed by atoms with Crippen LogP contribution in [0.15, 0.2) is 46.9 Å². The Morgan fingerprint density at radius 2 is 1.89 bits per heavy atom. The smallest absolute Gasteiger partial charge is 0.260 e. The van der Waals surface area contributed by atoms with Gasteiger partial charge in [-0.15, -0.1) is 0 Å². The highest BCUT2D eigenvalue weighted by Crippen LogP contribution is 2.27. The van der Waals surface area contributed by atoms with Gasteiger partial charge in [0.25, 0.3) is 5.91 Å². The van der Waals surface area contributed by atoms with Gasteiger partial charge in [0, 0.05) is 36.2 Å². The Labute approximate surface area is 178 Å². The van der Waals surface area contributed by atoms with Gasteiger partial charge in [-0.05, 0) is 65.7 Å². The molecule has 1 fully saturated rings. The fourth-order valence-corrected chi connectivity index (χ4v) is 3.80. The van der Waals surface area contributed by atoms with Gasteiger partial charge in [-0.25, -0.2) is 4.39 Å². The minimum atomic E-state index is -0.229. The first-order valence-corrected chi connectivity index (χ1v) is 10.4. The molecule has 4 nitrogen and oxygen atoms in total. The van der Waals surface area contributed by atoms with Crippen molar-refractivity contribution in [3.05, 3.63) is 63.3 Å². The minimum absolute atomic E-state index is 0.0208. The molecule has 3 rings (SSSR count). The van der Waals surface area contributed by atoms with Crippen molar-refractivity contribution in [3.8, 4) is 5.75 Å². The predicted molar refractivity (Wildman–Crippen MR) is 112 cm³/mol. The van der Waals surface area contributed by atoms with E-state index in [2.05, 4.69) is 27.8 Å². The van der Waals surface area contributed by atoms with E-state index in [1.54, 1.807) is 30.3 Å². The number of nitrogens with zero attached hydrogens (tertiary/aromatic N) is 2. The van der Waals surface area contributed by atoms with Crippen LogP contribution in [0.1, 0.15) is 19.4 Å². The molecule has 0 N–H and O–H groups in total. The third-order valence-corrected chi connectivity index (χ3v) is 6.22. The normalized spacial score (nSPS) is 20.2. The molecule has 0 spiro atoms. The van der Waals surface area contributed by atoms with Crippen LogP contribution in [-0.4, -0.2) is 47.5 Å². The second-order valence-electron chi connectivity index (χ2n) is 7.16. The van der Waals surface area contributed by atoms with E-state index >= 15 is 0 Å². The first-order valence-electron chi connectivity index (χ1n) is 9.19. The van der Waals surface area contributed by atoms with E-state index < -0.39 is 0 Å². The van der Waals surface area contributed by atoms with Crippen molar-refractivity contribution < 1.29 is 13.9 Å². The lowest BCUT2D eigenvalue weighted by atomic mass is 10.1. The van der Waals surface area contributed by atoms with Crippen LogP contribution >= 0.6 is 27.5 Å². The average Bonchev–Trinajstić information content (AvgIpc) is 2.67. The van der Waals surface area contributed by atoms with Gasteiger partial charge >= 0.3 is 0 Å². The monoisotopic (exact) mass is 468 g/mol. The van der Waals surface area contributed by atoms with Crippen LogP contribution in [0.5, 0.6) is 5.75 Å². The van der Waals surface area contributed by atoms with Crippen molar-refractivity contribution in [2.24, 2.45) is 0 Å². The van der Waals surface area contributed by atoms with Crippen LogP contribution in [0, 0.1) is 5.82 Å². The molecular weight excluding hydrogens is 447 g/mol. The van der Waals surface area contributed by atoms with Crippen LogP contribution in [0.25, 0.3) is 0 Å². The predicted octanol–water partition coefficient (Wildman–Crippen LogP) is 4.74. The Kier molecular flexibility index (Phi) is 6.96. The molecule has 28 heavy (non-hydrogen) atoms. The maximum absolute atomic E-state index is 13.1. The van der Waals surface area contributed by atoms with E-state index in [0.717, 1.165) is 23.1 Å². The lowest BCUT2D eigenvalue weighted by Gasteiger charge is -2.44. The van der Waals surface area contributed by atoms with Crippen LogP contribution in [0.4, 0.5) is 4.39 Å². The first-order chi connectivity index (χ1) is 13.3. The third kappa shape index (κ3) is 5.25. The molecule has 2 aromatic carbocycles. The van der Waals surface area contributed by atoms with Gasteiger partial charge < -0.3 is 9.64 Å². The number of ether oxygens (including phenoxy) is 1. The lowest BCUT2D eigenvalue weighted by molar-refractivity contribution is -0.139. The molecule has 0 aliphatic carbocycles. The number of hydrogen-bond donors (Lipinski definition) is 0. The second-order valence-corrected chi connectivity index (χ2v) is 8.43. The first kappa shape index (κ1) is 21.1. The summed E-state index contributed by atoms with van der Waals surface area (Å²) in [6.45, 7) is 6.25. The molecule has 1 aliphatic rings. The van der Waals surface area contributed by atoms with Crippen molar-refractivity contribution in [2.45, 2.75) is 32.5 Å². The zero-order chi connectivity index (χ0) is 20.3.